The molecule has 5 nitrogen and oxygen atoms in total. The summed E-state index contributed by atoms with van der Waals surface area (Å²) in [5.41, 5.74) is 4.75. The van der Waals surface area contributed by atoms with Crippen molar-refractivity contribution in [3.63, 3.8) is 0 Å². The van der Waals surface area contributed by atoms with Crippen LogP contribution in [-0.2, 0) is 12.8 Å². The van der Waals surface area contributed by atoms with Gasteiger partial charge in [0.25, 0.3) is 5.91 Å². The number of aromatic nitrogens is 3. The third kappa shape index (κ3) is 3.21. The number of carbonyl (C=O) groups is 1. The predicted octanol–water partition coefficient (Wildman–Crippen LogP) is 3.88. The van der Waals surface area contributed by atoms with Crippen LogP contribution in [0.3, 0.4) is 0 Å². The van der Waals surface area contributed by atoms with E-state index in [1.54, 1.807) is 6.20 Å². The molecule has 5 heteroatoms. The molecule has 1 amide bonds. The molecule has 3 aromatic rings. The Labute approximate surface area is 153 Å². The Balaban J connectivity index is 1.62. The average Bonchev–Trinajstić information content (AvgIpc) is 3.07. The van der Waals surface area contributed by atoms with Crippen LogP contribution in [0.15, 0.2) is 42.7 Å². The van der Waals surface area contributed by atoms with Crippen LogP contribution in [0.4, 0.5) is 0 Å². The minimum atomic E-state index is -0.130. The molecule has 1 aliphatic rings. The van der Waals surface area contributed by atoms with Gasteiger partial charge in [-0.2, -0.15) is 5.10 Å². The van der Waals surface area contributed by atoms with Gasteiger partial charge in [0.15, 0.2) is 5.65 Å². The number of fused-ring (bicyclic) bond motifs is 3. The van der Waals surface area contributed by atoms with Gasteiger partial charge in [0.2, 0.25) is 0 Å². The lowest BCUT2D eigenvalue weighted by atomic mass is 9.98. The molecule has 0 saturated carbocycles. The molecule has 0 radical (unpaired) electrons. The maximum Gasteiger partial charge on any atom is 0.257 e. The molecule has 134 valence electrons. The molecule has 0 aliphatic heterocycles. The van der Waals surface area contributed by atoms with Crippen molar-refractivity contribution in [2.45, 2.75) is 51.5 Å². The third-order valence-electron chi connectivity index (χ3n) is 5.21. The fourth-order valence-corrected chi connectivity index (χ4v) is 3.71. The van der Waals surface area contributed by atoms with Gasteiger partial charge >= 0.3 is 0 Å². The van der Waals surface area contributed by atoms with Crippen molar-refractivity contribution in [1.82, 2.24) is 19.9 Å². The van der Waals surface area contributed by atoms with Crippen molar-refractivity contribution in [1.29, 1.82) is 0 Å². The first-order valence-corrected chi connectivity index (χ1v) is 9.44. The van der Waals surface area contributed by atoms with E-state index in [9.17, 15) is 4.79 Å². The van der Waals surface area contributed by atoms with Gasteiger partial charge in [0.1, 0.15) is 5.56 Å². The summed E-state index contributed by atoms with van der Waals surface area (Å²) in [4.78, 5) is 17.4. The first-order chi connectivity index (χ1) is 12.7. The van der Waals surface area contributed by atoms with E-state index in [0.29, 0.717) is 11.2 Å². The van der Waals surface area contributed by atoms with Crippen LogP contribution in [0.2, 0.25) is 0 Å². The first kappa shape index (κ1) is 16.8. The maximum atomic E-state index is 12.8. The van der Waals surface area contributed by atoms with E-state index in [1.165, 1.54) is 36.9 Å². The number of nitrogens with one attached hydrogen (secondary N) is 1. The molecule has 0 fully saturated rings. The average molecular weight is 348 g/mol. The lowest BCUT2D eigenvalue weighted by Crippen LogP contribution is -2.26. The second-order valence-corrected chi connectivity index (χ2v) is 7.04. The monoisotopic (exact) mass is 348 g/mol. The van der Waals surface area contributed by atoms with Crippen LogP contribution in [-0.4, -0.2) is 20.5 Å². The molecule has 1 atom stereocenters. The van der Waals surface area contributed by atoms with Crippen LogP contribution >= 0.6 is 0 Å². The van der Waals surface area contributed by atoms with Gasteiger partial charge in [0, 0.05) is 11.9 Å². The minimum Gasteiger partial charge on any atom is -0.345 e. The molecule has 1 aromatic carbocycles. The number of amides is 1. The highest BCUT2D eigenvalue weighted by Crippen LogP contribution is 2.22. The summed E-state index contributed by atoms with van der Waals surface area (Å²) in [5, 5.41) is 7.56. The fraction of sp³-hybridized carbons (Fsp3) is 0.381. The molecule has 0 bridgehead atoms. The van der Waals surface area contributed by atoms with Crippen LogP contribution in [0, 0.1) is 0 Å². The number of hydrogen-bond donors (Lipinski definition) is 1. The fourth-order valence-electron chi connectivity index (χ4n) is 3.71. The topological polar surface area (TPSA) is 59.3 Å². The number of rotatable bonds is 3. The summed E-state index contributed by atoms with van der Waals surface area (Å²) in [7, 11) is 0. The van der Waals surface area contributed by atoms with E-state index in [4.69, 9.17) is 0 Å². The third-order valence-corrected chi connectivity index (χ3v) is 5.21. The summed E-state index contributed by atoms with van der Waals surface area (Å²) < 4.78 is 1.88. The molecular weight excluding hydrogens is 324 g/mol. The van der Waals surface area contributed by atoms with Crippen molar-refractivity contribution < 1.29 is 4.79 Å². The smallest absolute Gasteiger partial charge is 0.257 e. The van der Waals surface area contributed by atoms with E-state index in [-0.39, 0.29) is 11.9 Å². The van der Waals surface area contributed by atoms with Crippen molar-refractivity contribution in [2.24, 2.45) is 0 Å². The predicted molar refractivity (Wildman–Crippen MR) is 101 cm³/mol. The maximum absolute atomic E-state index is 12.8. The number of hydrogen-bond acceptors (Lipinski definition) is 3. The number of carbonyl (C=O) groups excluding carboxylic acids is 1. The Kier molecular flexibility index (Phi) is 4.69. The highest BCUT2D eigenvalue weighted by atomic mass is 16.1. The molecule has 1 N–H and O–H groups in total. The Bertz CT molecular complexity index is 916. The normalized spacial score (nSPS) is 15.7. The van der Waals surface area contributed by atoms with Gasteiger partial charge in [-0.3, -0.25) is 4.79 Å². The van der Waals surface area contributed by atoms with Gasteiger partial charge in [-0.1, -0.05) is 43.2 Å². The first-order valence-electron chi connectivity index (χ1n) is 9.44. The summed E-state index contributed by atoms with van der Waals surface area (Å²) in [6.45, 7) is 1.99. The zero-order valence-corrected chi connectivity index (χ0v) is 15.1. The van der Waals surface area contributed by atoms with Crippen LogP contribution < -0.4 is 5.32 Å². The molecule has 1 aliphatic carbocycles. The standard InChI is InChI=1S/C21H24N4O/c1-15(16-9-6-4-7-10-16)24-21(26)18-14-23-25-19-12-8-3-2-5-11-17(19)13-22-20(18)25/h4,6-7,9-10,13-15H,2-3,5,8,11-12H2,1H3,(H,24,26)/t15-/m1/s1. The SMILES string of the molecule is C[C@@H](NC(=O)c1cnn2c3c(cnc12)CCCCCC3)c1ccccc1. The van der Waals surface area contributed by atoms with Crippen molar-refractivity contribution >= 4 is 11.6 Å². The minimum absolute atomic E-state index is 0.0667. The van der Waals surface area contributed by atoms with E-state index >= 15 is 0 Å². The lowest BCUT2D eigenvalue weighted by Gasteiger charge is -2.15. The molecule has 4 rings (SSSR count). The highest BCUT2D eigenvalue weighted by Gasteiger charge is 2.20. The molecule has 0 unspecified atom stereocenters. The van der Waals surface area contributed by atoms with Crippen molar-refractivity contribution in [2.75, 3.05) is 0 Å². The zero-order chi connectivity index (χ0) is 17.9. The van der Waals surface area contributed by atoms with E-state index < -0.39 is 0 Å². The van der Waals surface area contributed by atoms with Gasteiger partial charge in [-0.25, -0.2) is 9.50 Å². The van der Waals surface area contributed by atoms with Crippen LogP contribution in [0.1, 0.15) is 65.8 Å². The molecule has 2 aromatic heterocycles. The molecule has 2 heterocycles. The Morgan fingerprint density at radius 1 is 1.08 bits per heavy atom. The largest absolute Gasteiger partial charge is 0.345 e. The number of nitrogens with zero attached hydrogens (tertiary/aromatic N) is 3. The lowest BCUT2D eigenvalue weighted by molar-refractivity contribution is 0.0941. The van der Waals surface area contributed by atoms with E-state index in [2.05, 4.69) is 15.4 Å². The highest BCUT2D eigenvalue weighted by molar-refractivity contribution is 5.99. The zero-order valence-electron chi connectivity index (χ0n) is 15.1. The van der Waals surface area contributed by atoms with Gasteiger partial charge in [0.05, 0.1) is 12.2 Å². The Morgan fingerprint density at radius 2 is 1.85 bits per heavy atom. The quantitative estimate of drug-likeness (QED) is 0.781. The van der Waals surface area contributed by atoms with Crippen LogP contribution in [0.5, 0.6) is 0 Å². The molecule has 26 heavy (non-hydrogen) atoms. The summed E-state index contributed by atoms with van der Waals surface area (Å²) >= 11 is 0. The second-order valence-electron chi connectivity index (χ2n) is 7.04. The van der Waals surface area contributed by atoms with Crippen LogP contribution in [0.25, 0.3) is 5.65 Å². The molecular formula is C21H24N4O. The van der Waals surface area contributed by atoms with E-state index in [1.807, 2.05) is 48.0 Å². The van der Waals surface area contributed by atoms with E-state index in [0.717, 1.165) is 18.4 Å². The second kappa shape index (κ2) is 7.28. The molecule has 0 saturated heterocycles. The molecule has 0 spiro atoms. The Hall–Kier alpha value is -2.69. The van der Waals surface area contributed by atoms with Gasteiger partial charge < -0.3 is 5.32 Å². The van der Waals surface area contributed by atoms with Gasteiger partial charge in [-0.15, -0.1) is 0 Å². The van der Waals surface area contributed by atoms with Crippen molar-refractivity contribution in [3.8, 4) is 0 Å². The summed E-state index contributed by atoms with van der Waals surface area (Å²) in [6.07, 6.45) is 10.5. The van der Waals surface area contributed by atoms with Gasteiger partial charge in [-0.05, 0) is 43.7 Å². The number of benzene rings is 1. The Morgan fingerprint density at radius 3 is 2.65 bits per heavy atom. The van der Waals surface area contributed by atoms with Crippen molar-refractivity contribution in [3.05, 3.63) is 65.1 Å². The summed E-state index contributed by atoms with van der Waals surface area (Å²) in [5.74, 6) is -0.130. The summed E-state index contributed by atoms with van der Waals surface area (Å²) in [6, 6.07) is 9.90. The number of aryl methyl sites for hydroxylation is 2.